The molecule has 2 heterocycles. The molecule has 2 unspecified atom stereocenters. The Morgan fingerprint density at radius 3 is 2.45 bits per heavy atom. The number of guanidine groups is 1. The van der Waals surface area contributed by atoms with Crippen LogP contribution in [0.3, 0.4) is 0 Å². The molecule has 0 radical (unpaired) electrons. The molecule has 0 saturated carbocycles. The van der Waals surface area contributed by atoms with Crippen LogP contribution in [0.4, 0.5) is 0 Å². The predicted octanol–water partition coefficient (Wildman–Crippen LogP) is 3.21. The van der Waals surface area contributed by atoms with Crippen molar-refractivity contribution in [1.82, 2.24) is 25.3 Å². The van der Waals surface area contributed by atoms with Gasteiger partial charge in [0.1, 0.15) is 11.5 Å². The van der Waals surface area contributed by atoms with Crippen molar-refractivity contribution in [1.29, 1.82) is 0 Å². The number of likely N-dealkylation sites (tertiary alicyclic amines) is 1. The molecule has 2 atom stereocenters. The topological polar surface area (TPSA) is 75.9 Å². The van der Waals surface area contributed by atoms with Crippen molar-refractivity contribution in [2.45, 2.75) is 46.3 Å². The van der Waals surface area contributed by atoms with E-state index in [0.29, 0.717) is 12.0 Å². The van der Waals surface area contributed by atoms with Crippen molar-refractivity contribution in [3.8, 4) is 11.5 Å². The van der Waals surface area contributed by atoms with E-state index < -0.39 is 0 Å². The molecule has 184 valence electrons. The number of aromatic nitrogens is 2. The Morgan fingerprint density at radius 1 is 1.18 bits per heavy atom. The van der Waals surface area contributed by atoms with Crippen molar-refractivity contribution in [3.63, 3.8) is 0 Å². The smallest absolute Gasteiger partial charge is 0.191 e. The normalized spacial score (nSPS) is 17.4. The Morgan fingerprint density at radius 2 is 1.88 bits per heavy atom. The van der Waals surface area contributed by atoms with Gasteiger partial charge in [0.15, 0.2) is 5.96 Å². The second kappa shape index (κ2) is 13.0. The number of hydrogen-bond acceptors (Lipinski definition) is 5. The van der Waals surface area contributed by atoms with Gasteiger partial charge in [-0.05, 0) is 49.9 Å². The summed E-state index contributed by atoms with van der Waals surface area (Å²) in [4.78, 5) is 6.88. The fraction of sp³-hybridized carbons (Fsp3) is 0.583. The molecule has 9 heteroatoms. The quantitative estimate of drug-likeness (QED) is 0.274. The van der Waals surface area contributed by atoms with E-state index in [1.54, 1.807) is 14.2 Å². The lowest BCUT2D eigenvalue weighted by Crippen LogP contribution is -2.46. The minimum atomic E-state index is 0. The molecule has 2 N–H and O–H groups in total. The third-order valence-corrected chi connectivity index (χ3v) is 5.86. The van der Waals surface area contributed by atoms with Crippen LogP contribution in [0.2, 0.25) is 0 Å². The first-order valence-corrected chi connectivity index (χ1v) is 11.3. The summed E-state index contributed by atoms with van der Waals surface area (Å²) in [6, 6.07) is 8.55. The summed E-state index contributed by atoms with van der Waals surface area (Å²) in [6.45, 7) is 11.0. The van der Waals surface area contributed by atoms with E-state index >= 15 is 0 Å². The van der Waals surface area contributed by atoms with Crippen molar-refractivity contribution in [3.05, 3.63) is 41.2 Å². The number of aliphatic imine (C=N–C) groups is 1. The molecule has 0 amide bonds. The Balaban J connectivity index is 0.00000385. The first kappa shape index (κ1) is 27.2. The average molecular weight is 571 g/mol. The zero-order valence-electron chi connectivity index (χ0n) is 20.7. The highest BCUT2D eigenvalue weighted by molar-refractivity contribution is 14.0. The molecule has 0 aliphatic carbocycles. The highest BCUT2D eigenvalue weighted by Crippen LogP contribution is 2.24. The summed E-state index contributed by atoms with van der Waals surface area (Å²) in [6.07, 6.45) is 1.09. The Kier molecular flexibility index (Phi) is 10.7. The van der Waals surface area contributed by atoms with Gasteiger partial charge in [0.05, 0.1) is 19.9 Å². The van der Waals surface area contributed by atoms with Crippen LogP contribution in [0.15, 0.2) is 29.3 Å². The maximum absolute atomic E-state index is 5.40. The number of hydrogen-bond donors (Lipinski definition) is 2. The van der Waals surface area contributed by atoms with Gasteiger partial charge in [-0.2, -0.15) is 5.10 Å². The fourth-order valence-electron chi connectivity index (χ4n) is 4.19. The summed E-state index contributed by atoms with van der Waals surface area (Å²) in [5.41, 5.74) is 3.47. The van der Waals surface area contributed by atoms with Crippen molar-refractivity contribution in [2.75, 3.05) is 40.9 Å². The van der Waals surface area contributed by atoms with Gasteiger partial charge in [0.2, 0.25) is 0 Å². The number of aryl methyl sites for hydroxylation is 2. The second-order valence-electron chi connectivity index (χ2n) is 8.75. The molecule has 8 nitrogen and oxygen atoms in total. The molecule has 3 rings (SSSR count). The van der Waals surface area contributed by atoms with Gasteiger partial charge in [-0.25, -0.2) is 0 Å². The molecule has 1 aliphatic rings. The molecule has 1 saturated heterocycles. The average Bonchev–Trinajstić information content (AvgIpc) is 3.35. The highest BCUT2D eigenvalue weighted by Gasteiger charge is 2.23. The highest BCUT2D eigenvalue weighted by atomic mass is 127. The van der Waals surface area contributed by atoms with Gasteiger partial charge >= 0.3 is 0 Å². The minimum absolute atomic E-state index is 0. The molecular weight excluding hydrogens is 531 g/mol. The van der Waals surface area contributed by atoms with E-state index in [9.17, 15) is 0 Å². The van der Waals surface area contributed by atoms with Crippen molar-refractivity contribution >= 4 is 29.9 Å². The van der Waals surface area contributed by atoms with Crippen LogP contribution in [0.1, 0.15) is 30.3 Å². The molecular formula is C24H39IN6O2. The second-order valence-corrected chi connectivity index (χ2v) is 8.75. The molecule has 1 aliphatic heterocycles. The van der Waals surface area contributed by atoms with E-state index in [-0.39, 0.29) is 24.0 Å². The first-order chi connectivity index (χ1) is 15.4. The molecule has 33 heavy (non-hydrogen) atoms. The zero-order valence-corrected chi connectivity index (χ0v) is 23.1. The number of benzene rings is 1. The van der Waals surface area contributed by atoms with E-state index in [1.165, 1.54) is 11.3 Å². The number of nitrogens with one attached hydrogen (secondary N) is 2. The lowest BCUT2D eigenvalue weighted by molar-refractivity contribution is 0.321. The summed E-state index contributed by atoms with van der Waals surface area (Å²) in [5, 5.41) is 11.6. The lowest BCUT2D eigenvalue weighted by atomic mass is 10.2. The Bertz CT molecular complexity index is 894. The molecule has 1 fully saturated rings. The lowest BCUT2D eigenvalue weighted by Gasteiger charge is -2.21. The maximum atomic E-state index is 5.40. The molecule has 0 spiro atoms. The van der Waals surface area contributed by atoms with Gasteiger partial charge in [0, 0.05) is 57.6 Å². The monoisotopic (exact) mass is 570 g/mol. The zero-order chi connectivity index (χ0) is 23.1. The first-order valence-electron chi connectivity index (χ1n) is 11.3. The van der Waals surface area contributed by atoms with Gasteiger partial charge in [-0.1, -0.05) is 6.92 Å². The molecule has 2 aromatic rings. The van der Waals surface area contributed by atoms with E-state index in [2.05, 4.69) is 62.4 Å². The summed E-state index contributed by atoms with van der Waals surface area (Å²) < 4.78 is 12.9. The van der Waals surface area contributed by atoms with Crippen LogP contribution in [-0.2, 0) is 13.1 Å². The fourth-order valence-corrected chi connectivity index (χ4v) is 4.19. The van der Waals surface area contributed by atoms with Crippen LogP contribution < -0.4 is 20.1 Å². The summed E-state index contributed by atoms with van der Waals surface area (Å²) in [7, 11) is 5.20. The van der Waals surface area contributed by atoms with Crippen LogP contribution >= 0.6 is 24.0 Å². The minimum Gasteiger partial charge on any atom is -0.497 e. The number of halogens is 1. The predicted molar refractivity (Wildman–Crippen MR) is 144 cm³/mol. The standard InChI is InChI=1S/C24H38N6O2.HI/c1-17(14-30-19(3)9-18(2)28-30)13-26-24(25-4)27-21-7-8-29(16-21)15-20-10-22(31-5)12-23(11-20)32-6;/h9-12,17,21H,7-8,13-16H2,1-6H3,(H2,25,26,27);1H. The number of rotatable bonds is 9. The van der Waals surface area contributed by atoms with Crippen molar-refractivity contribution in [2.24, 2.45) is 10.9 Å². The summed E-state index contributed by atoms with van der Waals surface area (Å²) >= 11 is 0. The van der Waals surface area contributed by atoms with E-state index in [4.69, 9.17) is 9.47 Å². The Hall–Kier alpha value is -2.01. The van der Waals surface area contributed by atoms with Crippen molar-refractivity contribution < 1.29 is 9.47 Å². The van der Waals surface area contributed by atoms with Gasteiger partial charge in [-0.3, -0.25) is 14.6 Å². The summed E-state index contributed by atoms with van der Waals surface area (Å²) in [5.74, 6) is 2.95. The van der Waals surface area contributed by atoms with Gasteiger partial charge in [0.25, 0.3) is 0 Å². The number of nitrogens with zero attached hydrogens (tertiary/aromatic N) is 4. The van der Waals surface area contributed by atoms with Gasteiger partial charge in [-0.15, -0.1) is 24.0 Å². The molecule has 1 aromatic heterocycles. The number of ether oxygens (including phenoxy) is 2. The SMILES string of the molecule is CN=C(NCC(C)Cn1nc(C)cc1C)NC1CCN(Cc2cc(OC)cc(OC)c2)C1.I. The third kappa shape index (κ3) is 8.06. The van der Waals surface area contributed by atoms with Gasteiger partial charge < -0.3 is 20.1 Å². The van der Waals surface area contributed by atoms with Crippen LogP contribution in [0.25, 0.3) is 0 Å². The molecule has 1 aromatic carbocycles. The van der Waals surface area contributed by atoms with Crippen LogP contribution in [0.5, 0.6) is 11.5 Å². The number of methoxy groups -OCH3 is 2. The van der Waals surface area contributed by atoms with E-state index in [1.807, 2.05) is 20.0 Å². The third-order valence-electron chi connectivity index (χ3n) is 5.86. The van der Waals surface area contributed by atoms with E-state index in [0.717, 1.165) is 62.3 Å². The maximum Gasteiger partial charge on any atom is 0.191 e. The van der Waals surface area contributed by atoms with Crippen LogP contribution in [-0.4, -0.2) is 67.6 Å². The molecule has 0 bridgehead atoms. The van der Waals surface area contributed by atoms with Crippen LogP contribution in [0, 0.1) is 19.8 Å². The largest absolute Gasteiger partial charge is 0.497 e. The Labute approximate surface area is 215 Å².